The Morgan fingerprint density at radius 2 is 2.05 bits per heavy atom. The summed E-state index contributed by atoms with van der Waals surface area (Å²) >= 11 is 0. The summed E-state index contributed by atoms with van der Waals surface area (Å²) < 4.78 is 1.51. The third kappa shape index (κ3) is 5.74. The third-order valence-corrected chi connectivity index (χ3v) is 3.89. The highest BCUT2D eigenvalue weighted by Crippen LogP contribution is 2.37. The quantitative estimate of drug-likeness (QED) is 0.706. The molecule has 1 amide bonds. The molecule has 0 spiro atoms. The molecular formula is C17H29N3O. The van der Waals surface area contributed by atoms with Gasteiger partial charge in [0.05, 0.1) is 0 Å². The molecule has 118 valence electrons. The SMILES string of the molecule is C=CC(C)(C)CC(C)(C)CCCN(C)C(=O)n1ccnc1. The van der Waals surface area contributed by atoms with Gasteiger partial charge in [-0.1, -0.05) is 33.8 Å². The van der Waals surface area contributed by atoms with Crippen molar-refractivity contribution in [2.24, 2.45) is 10.8 Å². The second kappa shape index (κ2) is 6.92. The number of aromatic nitrogens is 2. The van der Waals surface area contributed by atoms with Crippen molar-refractivity contribution < 1.29 is 4.79 Å². The minimum Gasteiger partial charge on any atom is -0.327 e. The third-order valence-electron chi connectivity index (χ3n) is 3.89. The van der Waals surface area contributed by atoms with Gasteiger partial charge in [0.2, 0.25) is 0 Å². The summed E-state index contributed by atoms with van der Waals surface area (Å²) in [6.07, 6.45) is 10.0. The molecule has 1 aromatic rings. The standard InChI is InChI=1S/C17H29N3O/c1-7-16(2,3)13-17(4,5)9-8-11-19(6)15(21)20-12-10-18-14-20/h7,10,12,14H,1,8-9,11,13H2,2-6H3. The summed E-state index contributed by atoms with van der Waals surface area (Å²) in [6.45, 7) is 13.7. The van der Waals surface area contributed by atoms with E-state index in [2.05, 4.69) is 39.3 Å². The first kappa shape index (κ1) is 17.5. The average molecular weight is 291 g/mol. The fraction of sp³-hybridized carbons (Fsp3) is 0.647. The molecule has 1 rings (SSSR count). The zero-order chi connectivity index (χ0) is 16.1. The van der Waals surface area contributed by atoms with Gasteiger partial charge in [-0.3, -0.25) is 4.57 Å². The van der Waals surface area contributed by atoms with Crippen LogP contribution in [0.1, 0.15) is 47.0 Å². The fourth-order valence-corrected chi connectivity index (χ4v) is 2.85. The monoisotopic (exact) mass is 291 g/mol. The molecule has 0 N–H and O–H groups in total. The van der Waals surface area contributed by atoms with Gasteiger partial charge in [0.15, 0.2) is 0 Å². The number of carbonyl (C=O) groups excluding carboxylic acids is 1. The van der Waals surface area contributed by atoms with Crippen LogP contribution in [0, 0.1) is 10.8 Å². The molecule has 4 heteroatoms. The van der Waals surface area contributed by atoms with E-state index in [-0.39, 0.29) is 16.9 Å². The highest BCUT2D eigenvalue weighted by Gasteiger charge is 2.26. The van der Waals surface area contributed by atoms with E-state index >= 15 is 0 Å². The van der Waals surface area contributed by atoms with Gasteiger partial charge in [-0.25, -0.2) is 9.78 Å². The number of nitrogens with zero attached hydrogens (tertiary/aromatic N) is 3. The minimum absolute atomic E-state index is 0.0308. The molecule has 0 unspecified atom stereocenters. The largest absolute Gasteiger partial charge is 0.329 e. The number of imidazole rings is 1. The molecule has 0 atom stereocenters. The first-order valence-electron chi connectivity index (χ1n) is 7.54. The second-order valence-electron chi connectivity index (χ2n) is 7.31. The van der Waals surface area contributed by atoms with Crippen molar-refractivity contribution in [3.05, 3.63) is 31.4 Å². The van der Waals surface area contributed by atoms with Crippen LogP contribution >= 0.6 is 0 Å². The van der Waals surface area contributed by atoms with Crippen LogP contribution in [0.2, 0.25) is 0 Å². The first-order chi connectivity index (χ1) is 9.67. The lowest BCUT2D eigenvalue weighted by molar-refractivity contribution is 0.193. The van der Waals surface area contributed by atoms with Crippen LogP contribution in [-0.2, 0) is 0 Å². The molecule has 21 heavy (non-hydrogen) atoms. The van der Waals surface area contributed by atoms with Crippen molar-refractivity contribution in [3.8, 4) is 0 Å². The molecule has 0 aliphatic heterocycles. The van der Waals surface area contributed by atoms with Crippen molar-refractivity contribution in [1.29, 1.82) is 0 Å². The molecular weight excluding hydrogens is 262 g/mol. The lowest BCUT2D eigenvalue weighted by atomic mass is 9.73. The Labute approximate surface area is 128 Å². The van der Waals surface area contributed by atoms with E-state index in [9.17, 15) is 4.79 Å². The molecule has 0 aliphatic carbocycles. The molecule has 0 fully saturated rings. The van der Waals surface area contributed by atoms with Crippen molar-refractivity contribution in [2.45, 2.75) is 47.0 Å². The van der Waals surface area contributed by atoms with E-state index in [1.54, 1.807) is 17.3 Å². The number of amides is 1. The van der Waals surface area contributed by atoms with Gasteiger partial charge in [-0.15, -0.1) is 6.58 Å². The highest BCUT2D eigenvalue weighted by atomic mass is 16.2. The number of carbonyl (C=O) groups is 1. The van der Waals surface area contributed by atoms with Gasteiger partial charge in [0, 0.05) is 26.0 Å². The van der Waals surface area contributed by atoms with Crippen LogP contribution in [-0.4, -0.2) is 34.1 Å². The summed E-state index contributed by atoms with van der Waals surface area (Å²) in [7, 11) is 1.84. The van der Waals surface area contributed by atoms with E-state index in [4.69, 9.17) is 0 Å². The summed E-state index contributed by atoms with van der Waals surface area (Å²) in [5, 5.41) is 0. The molecule has 0 bridgehead atoms. The lowest BCUT2D eigenvalue weighted by Crippen LogP contribution is -2.32. The van der Waals surface area contributed by atoms with Gasteiger partial charge >= 0.3 is 6.03 Å². The summed E-state index contributed by atoms with van der Waals surface area (Å²) in [4.78, 5) is 17.7. The number of hydrogen-bond donors (Lipinski definition) is 0. The van der Waals surface area contributed by atoms with Crippen LogP contribution in [0.15, 0.2) is 31.4 Å². The van der Waals surface area contributed by atoms with Crippen LogP contribution < -0.4 is 0 Å². The Morgan fingerprint density at radius 1 is 1.38 bits per heavy atom. The Kier molecular flexibility index (Phi) is 5.76. The zero-order valence-corrected chi connectivity index (χ0v) is 14.1. The normalized spacial score (nSPS) is 12.2. The molecule has 0 aliphatic rings. The number of allylic oxidation sites excluding steroid dienone is 1. The Bertz CT molecular complexity index is 460. The molecule has 1 heterocycles. The van der Waals surface area contributed by atoms with Crippen LogP contribution in [0.25, 0.3) is 0 Å². The second-order valence-corrected chi connectivity index (χ2v) is 7.31. The smallest absolute Gasteiger partial charge is 0.327 e. The molecule has 1 aromatic heterocycles. The van der Waals surface area contributed by atoms with Crippen molar-refractivity contribution in [3.63, 3.8) is 0 Å². The maximum Gasteiger partial charge on any atom is 0.329 e. The van der Waals surface area contributed by atoms with E-state index in [0.29, 0.717) is 0 Å². The van der Waals surface area contributed by atoms with Crippen LogP contribution in [0.5, 0.6) is 0 Å². The van der Waals surface area contributed by atoms with E-state index in [0.717, 1.165) is 25.8 Å². The average Bonchev–Trinajstić information content (AvgIpc) is 2.90. The van der Waals surface area contributed by atoms with Crippen LogP contribution in [0.4, 0.5) is 4.79 Å². The van der Waals surface area contributed by atoms with Crippen molar-refractivity contribution >= 4 is 6.03 Å². The summed E-state index contributed by atoms with van der Waals surface area (Å²) in [5.41, 5.74) is 0.401. The van der Waals surface area contributed by atoms with Crippen LogP contribution in [0.3, 0.4) is 0 Å². The summed E-state index contributed by atoms with van der Waals surface area (Å²) in [5.74, 6) is 0. The highest BCUT2D eigenvalue weighted by molar-refractivity contribution is 5.76. The fourth-order valence-electron chi connectivity index (χ4n) is 2.85. The Morgan fingerprint density at radius 3 is 2.57 bits per heavy atom. The summed E-state index contributed by atoms with van der Waals surface area (Å²) in [6, 6.07) is -0.0308. The number of rotatable bonds is 7. The van der Waals surface area contributed by atoms with E-state index < -0.39 is 0 Å². The minimum atomic E-state index is -0.0308. The van der Waals surface area contributed by atoms with E-state index in [1.165, 1.54) is 10.9 Å². The topological polar surface area (TPSA) is 38.1 Å². The maximum absolute atomic E-state index is 12.1. The molecule has 0 saturated carbocycles. The van der Waals surface area contributed by atoms with Crippen molar-refractivity contribution in [1.82, 2.24) is 14.5 Å². The first-order valence-corrected chi connectivity index (χ1v) is 7.54. The number of hydrogen-bond acceptors (Lipinski definition) is 2. The molecule has 0 aromatic carbocycles. The Balaban J connectivity index is 2.42. The van der Waals surface area contributed by atoms with Gasteiger partial charge in [-0.05, 0) is 30.1 Å². The maximum atomic E-state index is 12.1. The zero-order valence-electron chi connectivity index (χ0n) is 14.1. The van der Waals surface area contributed by atoms with Gasteiger partial charge < -0.3 is 4.90 Å². The van der Waals surface area contributed by atoms with E-state index in [1.807, 2.05) is 13.1 Å². The molecule has 4 nitrogen and oxygen atoms in total. The Hall–Kier alpha value is -1.58. The van der Waals surface area contributed by atoms with Gasteiger partial charge in [0.1, 0.15) is 6.33 Å². The lowest BCUT2D eigenvalue weighted by Gasteiger charge is -2.33. The predicted octanol–water partition coefficient (Wildman–Crippen LogP) is 4.19. The van der Waals surface area contributed by atoms with Crippen molar-refractivity contribution in [2.75, 3.05) is 13.6 Å². The predicted molar refractivity (Wildman–Crippen MR) is 87.3 cm³/mol. The van der Waals surface area contributed by atoms with Gasteiger partial charge in [-0.2, -0.15) is 0 Å². The molecule has 0 saturated heterocycles. The van der Waals surface area contributed by atoms with Gasteiger partial charge in [0.25, 0.3) is 0 Å². The molecule has 0 radical (unpaired) electrons.